The molecule has 0 N–H and O–H groups in total. The molecule has 2 aliphatic heterocycles. The van der Waals surface area contributed by atoms with Crippen molar-refractivity contribution in [3.8, 4) is 5.75 Å². The van der Waals surface area contributed by atoms with Crippen molar-refractivity contribution in [2.75, 3.05) is 33.3 Å². The van der Waals surface area contributed by atoms with Crippen molar-refractivity contribution in [1.82, 2.24) is 9.80 Å². The molecule has 0 radical (unpaired) electrons. The van der Waals surface area contributed by atoms with E-state index in [4.69, 9.17) is 4.74 Å². The summed E-state index contributed by atoms with van der Waals surface area (Å²) < 4.78 is 5.23. The first-order valence-corrected chi connectivity index (χ1v) is 8.44. The third kappa shape index (κ3) is 3.43. The molecular weight excluding hydrogens is 276 g/mol. The fraction of sp³-hybridized carbons (Fsp3) is 0.611. The zero-order chi connectivity index (χ0) is 15.4. The highest BCUT2D eigenvalue weighted by Crippen LogP contribution is 2.32. The van der Waals surface area contributed by atoms with Crippen molar-refractivity contribution < 1.29 is 9.53 Å². The summed E-state index contributed by atoms with van der Waals surface area (Å²) >= 11 is 0. The molecule has 0 spiro atoms. The fourth-order valence-electron chi connectivity index (χ4n) is 3.64. The smallest absolute Gasteiger partial charge is 0.236 e. The molecule has 22 heavy (non-hydrogen) atoms. The molecule has 1 aromatic carbocycles. The number of likely N-dealkylation sites (tertiary alicyclic amines) is 2. The van der Waals surface area contributed by atoms with Gasteiger partial charge in [0.15, 0.2) is 0 Å². The summed E-state index contributed by atoms with van der Waals surface area (Å²) in [6.07, 6.45) is 5.90. The zero-order valence-corrected chi connectivity index (χ0v) is 13.5. The lowest BCUT2D eigenvalue weighted by Gasteiger charge is -2.31. The molecule has 120 valence electrons. The summed E-state index contributed by atoms with van der Waals surface area (Å²) in [5.41, 5.74) is 1.30. The maximum Gasteiger partial charge on any atom is 0.236 e. The Labute approximate surface area is 133 Å². The molecule has 0 unspecified atom stereocenters. The van der Waals surface area contributed by atoms with Crippen LogP contribution in [0.3, 0.4) is 0 Å². The maximum atomic E-state index is 12.5. The number of amides is 1. The second-order valence-corrected chi connectivity index (χ2v) is 6.34. The first-order chi connectivity index (χ1) is 10.8. The van der Waals surface area contributed by atoms with Crippen LogP contribution in [-0.2, 0) is 4.79 Å². The van der Waals surface area contributed by atoms with E-state index in [1.807, 2.05) is 17.0 Å². The van der Waals surface area contributed by atoms with E-state index < -0.39 is 0 Å². The average Bonchev–Trinajstić information content (AvgIpc) is 3.04. The van der Waals surface area contributed by atoms with Crippen molar-refractivity contribution >= 4 is 5.91 Å². The minimum Gasteiger partial charge on any atom is -0.497 e. The summed E-state index contributed by atoms with van der Waals surface area (Å²) in [5.74, 6) is 1.19. The second kappa shape index (κ2) is 7.14. The minimum atomic E-state index is 0.306. The Bertz CT molecular complexity index is 494. The summed E-state index contributed by atoms with van der Waals surface area (Å²) in [7, 11) is 1.69. The lowest BCUT2D eigenvalue weighted by molar-refractivity contribution is -0.133. The standard InChI is InChI=1S/C18H26N2O2/c1-22-16-9-7-15(8-10-16)17-6-5-13-20(17)14-18(21)19-11-3-2-4-12-19/h7-10,17H,2-6,11-14H2,1H3/t17-/m0/s1. The Kier molecular flexibility index (Phi) is 4.98. The van der Waals surface area contributed by atoms with Gasteiger partial charge in [0, 0.05) is 19.1 Å². The number of ether oxygens (including phenoxy) is 1. The molecule has 4 nitrogen and oxygen atoms in total. The van der Waals surface area contributed by atoms with Crippen LogP contribution in [0.2, 0.25) is 0 Å². The van der Waals surface area contributed by atoms with Gasteiger partial charge in [-0.05, 0) is 56.3 Å². The molecule has 2 saturated heterocycles. The highest BCUT2D eigenvalue weighted by Gasteiger charge is 2.29. The predicted molar refractivity (Wildman–Crippen MR) is 87.0 cm³/mol. The first-order valence-electron chi connectivity index (χ1n) is 8.44. The van der Waals surface area contributed by atoms with Crippen LogP contribution in [-0.4, -0.2) is 49.0 Å². The average molecular weight is 302 g/mol. The molecule has 4 heteroatoms. The molecular formula is C18H26N2O2. The predicted octanol–water partition coefficient (Wildman–Crippen LogP) is 2.84. The zero-order valence-electron chi connectivity index (χ0n) is 13.5. The van der Waals surface area contributed by atoms with Crippen molar-refractivity contribution in [2.45, 2.75) is 38.1 Å². The summed E-state index contributed by atoms with van der Waals surface area (Å²) in [6, 6.07) is 8.66. The highest BCUT2D eigenvalue weighted by atomic mass is 16.5. The highest BCUT2D eigenvalue weighted by molar-refractivity contribution is 5.78. The number of piperidine rings is 1. The Balaban J connectivity index is 1.63. The lowest BCUT2D eigenvalue weighted by Crippen LogP contribution is -2.42. The quantitative estimate of drug-likeness (QED) is 0.857. The Morgan fingerprint density at radius 2 is 1.82 bits per heavy atom. The molecule has 2 heterocycles. The number of hydrogen-bond donors (Lipinski definition) is 0. The van der Waals surface area contributed by atoms with Gasteiger partial charge in [-0.2, -0.15) is 0 Å². The normalized spacial score (nSPS) is 22.8. The topological polar surface area (TPSA) is 32.8 Å². The lowest BCUT2D eigenvalue weighted by atomic mass is 10.0. The fourth-order valence-corrected chi connectivity index (χ4v) is 3.64. The number of benzene rings is 1. The van der Waals surface area contributed by atoms with E-state index in [9.17, 15) is 4.79 Å². The van der Waals surface area contributed by atoms with Crippen LogP contribution in [0.25, 0.3) is 0 Å². The third-order valence-corrected chi connectivity index (χ3v) is 4.91. The number of carbonyl (C=O) groups is 1. The van der Waals surface area contributed by atoms with Crippen molar-refractivity contribution in [2.24, 2.45) is 0 Å². The van der Waals surface area contributed by atoms with Crippen LogP contribution in [0.4, 0.5) is 0 Å². The van der Waals surface area contributed by atoms with Gasteiger partial charge in [-0.3, -0.25) is 9.69 Å². The molecule has 2 fully saturated rings. The van der Waals surface area contributed by atoms with Crippen molar-refractivity contribution in [3.63, 3.8) is 0 Å². The van der Waals surface area contributed by atoms with Crippen LogP contribution in [0.1, 0.15) is 43.7 Å². The molecule has 0 aliphatic carbocycles. The van der Waals surface area contributed by atoms with E-state index in [1.165, 1.54) is 18.4 Å². The molecule has 3 rings (SSSR count). The summed E-state index contributed by atoms with van der Waals surface area (Å²) in [6.45, 7) is 3.48. The molecule has 0 bridgehead atoms. The Morgan fingerprint density at radius 1 is 1.09 bits per heavy atom. The van der Waals surface area contributed by atoms with Gasteiger partial charge >= 0.3 is 0 Å². The molecule has 1 aromatic rings. The molecule has 0 saturated carbocycles. The SMILES string of the molecule is COc1ccc([C@@H]2CCCN2CC(=O)N2CCCCC2)cc1. The van der Waals surface area contributed by atoms with Gasteiger partial charge in [-0.1, -0.05) is 12.1 Å². The van der Waals surface area contributed by atoms with Gasteiger partial charge in [0.25, 0.3) is 0 Å². The van der Waals surface area contributed by atoms with E-state index in [2.05, 4.69) is 17.0 Å². The van der Waals surface area contributed by atoms with E-state index in [0.29, 0.717) is 18.5 Å². The van der Waals surface area contributed by atoms with Crippen LogP contribution in [0.5, 0.6) is 5.75 Å². The van der Waals surface area contributed by atoms with E-state index in [-0.39, 0.29) is 0 Å². The van der Waals surface area contributed by atoms with Crippen LogP contribution in [0, 0.1) is 0 Å². The van der Waals surface area contributed by atoms with E-state index in [0.717, 1.165) is 44.6 Å². The number of hydrogen-bond acceptors (Lipinski definition) is 3. The molecule has 0 aromatic heterocycles. The van der Waals surface area contributed by atoms with E-state index in [1.54, 1.807) is 7.11 Å². The van der Waals surface area contributed by atoms with E-state index >= 15 is 0 Å². The molecule has 1 atom stereocenters. The van der Waals surface area contributed by atoms with Gasteiger partial charge in [-0.15, -0.1) is 0 Å². The number of carbonyl (C=O) groups excluding carboxylic acids is 1. The number of rotatable bonds is 4. The number of methoxy groups -OCH3 is 1. The largest absolute Gasteiger partial charge is 0.497 e. The van der Waals surface area contributed by atoms with Gasteiger partial charge in [0.05, 0.1) is 13.7 Å². The maximum absolute atomic E-state index is 12.5. The first kappa shape index (κ1) is 15.3. The second-order valence-electron chi connectivity index (χ2n) is 6.34. The van der Waals surface area contributed by atoms with Gasteiger partial charge in [-0.25, -0.2) is 0 Å². The monoisotopic (exact) mass is 302 g/mol. The van der Waals surface area contributed by atoms with Crippen molar-refractivity contribution in [3.05, 3.63) is 29.8 Å². The Hall–Kier alpha value is -1.55. The van der Waals surface area contributed by atoms with Crippen LogP contribution in [0.15, 0.2) is 24.3 Å². The minimum absolute atomic E-state index is 0.306. The Morgan fingerprint density at radius 3 is 2.50 bits per heavy atom. The van der Waals surface area contributed by atoms with Crippen molar-refractivity contribution in [1.29, 1.82) is 0 Å². The van der Waals surface area contributed by atoms with Gasteiger partial charge in [0.2, 0.25) is 5.91 Å². The number of nitrogens with zero attached hydrogens (tertiary/aromatic N) is 2. The molecule has 1 amide bonds. The molecule has 2 aliphatic rings. The van der Waals surface area contributed by atoms with Gasteiger partial charge < -0.3 is 9.64 Å². The van der Waals surface area contributed by atoms with Gasteiger partial charge in [0.1, 0.15) is 5.75 Å². The third-order valence-electron chi connectivity index (χ3n) is 4.91. The summed E-state index contributed by atoms with van der Waals surface area (Å²) in [4.78, 5) is 16.9. The van der Waals surface area contributed by atoms with Crippen LogP contribution >= 0.6 is 0 Å². The summed E-state index contributed by atoms with van der Waals surface area (Å²) in [5, 5.41) is 0. The van der Waals surface area contributed by atoms with Crippen LogP contribution < -0.4 is 4.74 Å².